The van der Waals surface area contributed by atoms with Crippen LogP contribution in [-0.2, 0) is 15.8 Å². The Morgan fingerprint density at radius 1 is 0.757 bits per heavy atom. The maximum absolute atomic E-state index is 13.1. The predicted octanol–water partition coefficient (Wildman–Crippen LogP) is 5.78. The van der Waals surface area contributed by atoms with Gasteiger partial charge in [-0.1, -0.05) is 36.4 Å². The number of halogens is 3. The van der Waals surface area contributed by atoms with Gasteiger partial charge in [0.25, 0.3) is 0 Å². The van der Waals surface area contributed by atoms with Crippen LogP contribution < -0.4 is 9.47 Å². The maximum atomic E-state index is 13.1. The third kappa shape index (κ3) is 6.78. The lowest BCUT2D eigenvalue weighted by Gasteiger charge is -2.13. The summed E-state index contributed by atoms with van der Waals surface area (Å²) in [5.41, 5.74) is 0.166. The van der Waals surface area contributed by atoms with E-state index in [-0.39, 0.29) is 28.6 Å². The molecule has 0 saturated carbocycles. The third-order valence-corrected chi connectivity index (χ3v) is 5.43. The summed E-state index contributed by atoms with van der Waals surface area (Å²) < 4.78 is 49.1. The molecule has 0 aliphatic carbocycles. The highest BCUT2D eigenvalue weighted by Crippen LogP contribution is 2.32. The highest BCUT2D eigenvalue weighted by atomic mass is 19.4. The minimum Gasteiger partial charge on any atom is -0.504 e. The van der Waals surface area contributed by atoms with Crippen molar-refractivity contribution >= 4 is 23.7 Å². The van der Waals surface area contributed by atoms with Crippen LogP contribution in [0.4, 0.5) is 13.2 Å². The number of carbonyl (C=O) groups is 2. The Bertz CT molecular complexity index is 1270. The summed E-state index contributed by atoms with van der Waals surface area (Å²) in [6.45, 7) is 0. The molecule has 2 N–H and O–H groups in total. The fourth-order valence-electron chi connectivity index (χ4n) is 3.48. The first-order valence-electron chi connectivity index (χ1n) is 10.9. The molecule has 0 bridgehead atoms. The number of ketones is 2. The number of phenolic OH excluding ortho intramolecular Hbond substituents is 2. The molecule has 0 aliphatic heterocycles. The molecule has 6 nitrogen and oxygen atoms in total. The summed E-state index contributed by atoms with van der Waals surface area (Å²) in [5, 5.41) is 19.5. The van der Waals surface area contributed by atoms with Gasteiger partial charge in [-0.3, -0.25) is 9.59 Å². The van der Waals surface area contributed by atoms with Crippen LogP contribution in [0.3, 0.4) is 0 Å². The lowest BCUT2D eigenvalue weighted by molar-refractivity contribution is -0.137. The van der Waals surface area contributed by atoms with Gasteiger partial charge in [-0.25, -0.2) is 0 Å². The lowest BCUT2D eigenvalue weighted by atomic mass is 9.89. The van der Waals surface area contributed by atoms with E-state index in [1.807, 2.05) is 0 Å². The van der Waals surface area contributed by atoms with Crippen molar-refractivity contribution in [2.45, 2.75) is 12.1 Å². The van der Waals surface area contributed by atoms with E-state index in [9.17, 15) is 33.0 Å². The number of benzene rings is 3. The van der Waals surface area contributed by atoms with E-state index in [1.54, 1.807) is 0 Å². The van der Waals surface area contributed by atoms with E-state index in [0.717, 1.165) is 36.4 Å². The molecule has 0 unspecified atom stereocenters. The fourth-order valence-corrected chi connectivity index (χ4v) is 3.48. The molecule has 0 fully saturated rings. The highest BCUT2D eigenvalue weighted by Gasteiger charge is 2.31. The summed E-state index contributed by atoms with van der Waals surface area (Å²) in [4.78, 5) is 26.2. The second-order valence-electron chi connectivity index (χ2n) is 7.89. The molecular weight excluding hydrogens is 489 g/mol. The van der Waals surface area contributed by atoms with Gasteiger partial charge in [0.15, 0.2) is 34.6 Å². The first-order chi connectivity index (χ1) is 17.5. The number of hydrogen-bond acceptors (Lipinski definition) is 6. The lowest BCUT2D eigenvalue weighted by Crippen LogP contribution is -2.19. The van der Waals surface area contributed by atoms with Gasteiger partial charge in [-0.05, 0) is 65.2 Å². The van der Waals surface area contributed by atoms with Crippen molar-refractivity contribution in [2.24, 2.45) is 0 Å². The molecular formula is C28H23F3O6. The molecule has 0 saturated heterocycles. The summed E-state index contributed by atoms with van der Waals surface area (Å²) in [7, 11) is 2.73. The molecule has 3 aromatic carbocycles. The van der Waals surface area contributed by atoms with Crippen molar-refractivity contribution in [3.63, 3.8) is 0 Å². The molecule has 0 amide bonds. The Balaban J connectivity index is 1.94. The smallest absolute Gasteiger partial charge is 0.416 e. The topological polar surface area (TPSA) is 93.1 Å². The Labute approximate surface area is 210 Å². The van der Waals surface area contributed by atoms with Crippen LogP contribution >= 0.6 is 0 Å². The van der Waals surface area contributed by atoms with E-state index in [2.05, 4.69) is 0 Å². The van der Waals surface area contributed by atoms with Gasteiger partial charge in [-0.15, -0.1) is 0 Å². The summed E-state index contributed by atoms with van der Waals surface area (Å²) in [5.74, 6) is -2.57. The predicted molar refractivity (Wildman–Crippen MR) is 132 cm³/mol. The third-order valence-electron chi connectivity index (χ3n) is 5.43. The van der Waals surface area contributed by atoms with Gasteiger partial charge in [0.1, 0.15) is 5.92 Å². The second kappa shape index (κ2) is 11.5. The van der Waals surface area contributed by atoms with E-state index in [0.29, 0.717) is 11.1 Å². The number of allylic oxidation sites excluding steroid dienone is 2. The van der Waals surface area contributed by atoms with Crippen LogP contribution in [0.2, 0.25) is 0 Å². The average Bonchev–Trinajstić information content (AvgIpc) is 2.87. The van der Waals surface area contributed by atoms with Crippen molar-refractivity contribution in [2.75, 3.05) is 14.2 Å². The zero-order valence-electron chi connectivity index (χ0n) is 19.8. The molecule has 3 aromatic rings. The molecule has 0 aliphatic rings. The average molecular weight is 512 g/mol. The Morgan fingerprint density at radius 3 is 1.57 bits per heavy atom. The van der Waals surface area contributed by atoms with Crippen LogP contribution in [-0.4, -0.2) is 36.0 Å². The molecule has 0 heterocycles. The van der Waals surface area contributed by atoms with E-state index in [1.165, 1.54) is 62.8 Å². The maximum Gasteiger partial charge on any atom is 0.416 e. The molecule has 0 spiro atoms. The van der Waals surface area contributed by atoms with E-state index < -0.39 is 29.2 Å². The van der Waals surface area contributed by atoms with Crippen LogP contribution in [0.1, 0.15) is 28.2 Å². The van der Waals surface area contributed by atoms with Crippen molar-refractivity contribution in [3.8, 4) is 23.0 Å². The number of carbonyl (C=O) groups excluding carboxylic acids is 2. The van der Waals surface area contributed by atoms with E-state index >= 15 is 0 Å². The fraction of sp³-hybridized carbons (Fsp3) is 0.143. The monoisotopic (exact) mass is 512 g/mol. The second-order valence-corrected chi connectivity index (χ2v) is 7.89. The number of hydrogen-bond donors (Lipinski definition) is 2. The molecule has 9 heteroatoms. The molecule has 0 atom stereocenters. The van der Waals surface area contributed by atoms with Crippen LogP contribution in [0.5, 0.6) is 23.0 Å². The van der Waals surface area contributed by atoms with Crippen LogP contribution in [0, 0.1) is 0 Å². The summed E-state index contributed by atoms with van der Waals surface area (Å²) >= 11 is 0. The number of aromatic hydroxyl groups is 2. The molecule has 3 rings (SSSR count). The largest absolute Gasteiger partial charge is 0.504 e. The highest BCUT2D eigenvalue weighted by molar-refractivity contribution is 6.17. The molecule has 192 valence electrons. The normalized spacial score (nSPS) is 11.8. The molecule has 0 radical (unpaired) electrons. The van der Waals surface area contributed by atoms with Crippen molar-refractivity contribution < 1.29 is 42.4 Å². The first-order valence-corrected chi connectivity index (χ1v) is 10.9. The number of rotatable bonds is 9. The van der Waals surface area contributed by atoms with Gasteiger partial charge in [0, 0.05) is 0 Å². The Morgan fingerprint density at radius 2 is 1.19 bits per heavy atom. The molecule has 37 heavy (non-hydrogen) atoms. The zero-order chi connectivity index (χ0) is 27.2. The SMILES string of the molecule is COc1cc(/C=C/C(=O)C(C(=O)/C=C/c2ccc(O)c(OC)c2)c2ccc(C(F)(F)F)cc2)ccc1O. The van der Waals surface area contributed by atoms with Gasteiger partial charge >= 0.3 is 6.18 Å². The number of phenols is 2. The standard InChI is InChI=1S/C28H23F3O6/c1-36-25-15-17(3-11-21(25)32)5-13-23(34)27(19-7-9-20(10-8-19)28(29,30)31)24(35)14-6-18-4-12-22(33)26(16-18)37-2/h3-16,27,32-33H,1-2H3/b13-5+,14-6+. The van der Waals surface area contributed by atoms with Gasteiger partial charge < -0.3 is 19.7 Å². The summed E-state index contributed by atoms with van der Waals surface area (Å²) in [6.07, 6.45) is 0.525. The number of methoxy groups -OCH3 is 2. The van der Waals surface area contributed by atoms with Crippen LogP contribution in [0.25, 0.3) is 12.2 Å². The van der Waals surface area contributed by atoms with E-state index in [4.69, 9.17) is 9.47 Å². The van der Waals surface area contributed by atoms with Crippen LogP contribution in [0.15, 0.2) is 72.8 Å². The minimum atomic E-state index is -4.57. The summed E-state index contributed by atoms with van der Waals surface area (Å²) in [6, 6.07) is 12.6. The Kier molecular flexibility index (Phi) is 8.39. The minimum absolute atomic E-state index is 0.0869. The quantitative estimate of drug-likeness (QED) is 0.279. The number of ether oxygens (including phenoxy) is 2. The zero-order valence-corrected chi connectivity index (χ0v) is 19.8. The van der Waals surface area contributed by atoms with Crippen molar-refractivity contribution in [3.05, 3.63) is 95.1 Å². The molecule has 0 aromatic heterocycles. The van der Waals surface area contributed by atoms with Gasteiger partial charge in [-0.2, -0.15) is 13.2 Å². The van der Waals surface area contributed by atoms with Gasteiger partial charge in [0.05, 0.1) is 19.8 Å². The van der Waals surface area contributed by atoms with Gasteiger partial charge in [0.2, 0.25) is 0 Å². The first kappa shape index (κ1) is 27.1. The number of alkyl halides is 3. The van der Waals surface area contributed by atoms with Crippen molar-refractivity contribution in [1.29, 1.82) is 0 Å². The van der Waals surface area contributed by atoms with Crippen molar-refractivity contribution in [1.82, 2.24) is 0 Å². The Hall–Kier alpha value is -4.53.